The monoisotopic (exact) mass is 335 g/mol. The van der Waals surface area contributed by atoms with Gasteiger partial charge < -0.3 is 9.80 Å². The molecule has 2 aliphatic heterocycles. The van der Waals surface area contributed by atoms with Crippen LogP contribution in [0.25, 0.3) is 0 Å². The SMILES string of the molecule is O=C(CN1CCc2ccccc2C1)N1CCN(c2ccccc2)CC1. The van der Waals surface area contributed by atoms with Crippen molar-refractivity contribution in [1.29, 1.82) is 0 Å². The Morgan fingerprint density at radius 2 is 1.48 bits per heavy atom. The molecular formula is C21H25N3O. The van der Waals surface area contributed by atoms with Crippen molar-refractivity contribution in [2.45, 2.75) is 13.0 Å². The van der Waals surface area contributed by atoms with Crippen molar-refractivity contribution >= 4 is 11.6 Å². The van der Waals surface area contributed by atoms with E-state index in [1.807, 2.05) is 11.0 Å². The molecule has 2 heterocycles. The summed E-state index contributed by atoms with van der Waals surface area (Å²) in [6.07, 6.45) is 1.05. The first kappa shape index (κ1) is 16.2. The highest BCUT2D eigenvalue weighted by Gasteiger charge is 2.24. The van der Waals surface area contributed by atoms with Crippen LogP contribution in [0.5, 0.6) is 0 Å². The maximum Gasteiger partial charge on any atom is 0.236 e. The Labute approximate surface area is 149 Å². The normalized spacial score (nSPS) is 18.1. The second kappa shape index (κ2) is 7.28. The van der Waals surface area contributed by atoms with Gasteiger partial charge in [0, 0.05) is 45.0 Å². The Kier molecular flexibility index (Phi) is 4.70. The lowest BCUT2D eigenvalue weighted by Gasteiger charge is -2.37. The lowest BCUT2D eigenvalue weighted by Crippen LogP contribution is -2.51. The van der Waals surface area contributed by atoms with Gasteiger partial charge in [-0.1, -0.05) is 42.5 Å². The van der Waals surface area contributed by atoms with E-state index in [0.717, 1.165) is 45.7 Å². The van der Waals surface area contributed by atoms with Crippen molar-refractivity contribution in [2.24, 2.45) is 0 Å². The van der Waals surface area contributed by atoms with E-state index in [2.05, 4.69) is 58.3 Å². The molecule has 0 aromatic heterocycles. The van der Waals surface area contributed by atoms with Gasteiger partial charge in [0.1, 0.15) is 0 Å². The molecule has 1 fully saturated rings. The van der Waals surface area contributed by atoms with Gasteiger partial charge in [-0.2, -0.15) is 0 Å². The molecule has 2 aromatic carbocycles. The Morgan fingerprint density at radius 1 is 0.800 bits per heavy atom. The van der Waals surface area contributed by atoms with Gasteiger partial charge in [-0.3, -0.25) is 9.69 Å². The molecule has 4 heteroatoms. The number of piperazine rings is 1. The first-order valence-electron chi connectivity index (χ1n) is 9.16. The summed E-state index contributed by atoms with van der Waals surface area (Å²) in [4.78, 5) is 19.4. The van der Waals surface area contributed by atoms with Crippen LogP contribution in [0, 0.1) is 0 Å². The number of amides is 1. The number of hydrogen-bond acceptors (Lipinski definition) is 3. The van der Waals surface area contributed by atoms with Gasteiger partial charge in [0.05, 0.1) is 6.54 Å². The molecule has 2 aliphatic rings. The highest BCUT2D eigenvalue weighted by atomic mass is 16.2. The predicted molar refractivity (Wildman–Crippen MR) is 101 cm³/mol. The molecule has 0 N–H and O–H groups in total. The van der Waals surface area contributed by atoms with Gasteiger partial charge in [0.2, 0.25) is 5.91 Å². The number of benzene rings is 2. The van der Waals surface area contributed by atoms with Gasteiger partial charge in [-0.15, -0.1) is 0 Å². The number of carbonyl (C=O) groups is 1. The number of para-hydroxylation sites is 1. The summed E-state index contributed by atoms with van der Waals surface area (Å²) < 4.78 is 0. The summed E-state index contributed by atoms with van der Waals surface area (Å²) >= 11 is 0. The van der Waals surface area contributed by atoms with Crippen LogP contribution in [0.4, 0.5) is 5.69 Å². The van der Waals surface area contributed by atoms with Gasteiger partial charge in [0.15, 0.2) is 0 Å². The molecule has 130 valence electrons. The van der Waals surface area contributed by atoms with Crippen molar-refractivity contribution in [1.82, 2.24) is 9.80 Å². The van der Waals surface area contributed by atoms with Crippen LogP contribution in [0.1, 0.15) is 11.1 Å². The molecule has 0 aliphatic carbocycles. The highest BCUT2D eigenvalue weighted by Crippen LogP contribution is 2.19. The van der Waals surface area contributed by atoms with E-state index in [9.17, 15) is 4.79 Å². The minimum absolute atomic E-state index is 0.270. The van der Waals surface area contributed by atoms with Crippen LogP contribution < -0.4 is 4.90 Å². The maximum absolute atomic E-state index is 12.7. The fourth-order valence-corrected chi connectivity index (χ4v) is 3.83. The molecule has 1 saturated heterocycles. The van der Waals surface area contributed by atoms with Crippen molar-refractivity contribution in [2.75, 3.05) is 44.2 Å². The second-order valence-electron chi connectivity index (χ2n) is 6.93. The highest BCUT2D eigenvalue weighted by molar-refractivity contribution is 5.78. The van der Waals surface area contributed by atoms with Crippen molar-refractivity contribution in [3.8, 4) is 0 Å². The van der Waals surface area contributed by atoms with E-state index in [1.54, 1.807) is 0 Å². The molecule has 2 aromatic rings. The molecule has 4 rings (SSSR count). The number of nitrogens with zero attached hydrogens (tertiary/aromatic N) is 3. The van der Waals surface area contributed by atoms with Crippen LogP contribution in [-0.4, -0.2) is 55.0 Å². The first-order chi connectivity index (χ1) is 12.3. The van der Waals surface area contributed by atoms with E-state index in [4.69, 9.17) is 0 Å². The lowest BCUT2D eigenvalue weighted by molar-refractivity contribution is -0.132. The van der Waals surface area contributed by atoms with Gasteiger partial charge in [-0.25, -0.2) is 0 Å². The number of anilines is 1. The van der Waals surface area contributed by atoms with Crippen LogP contribution in [0.2, 0.25) is 0 Å². The van der Waals surface area contributed by atoms with Crippen molar-refractivity contribution < 1.29 is 4.79 Å². The Morgan fingerprint density at radius 3 is 2.24 bits per heavy atom. The molecule has 0 saturated carbocycles. The summed E-state index contributed by atoms with van der Waals surface area (Å²) in [6, 6.07) is 19.0. The van der Waals surface area contributed by atoms with E-state index in [-0.39, 0.29) is 5.91 Å². The summed E-state index contributed by atoms with van der Waals surface area (Å²) in [5.74, 6) is 0.270. The van der Waals surface area contributed by atoms with E-state index >= 15 is 0 Å². The van der Waals surface area contributed by atoms with E-state index in [1.165, 1.54) is 16.8 Å². The average molecular weight is 335 g/mol. The van der Waals surface area contributed by atoms with Crippen LogP contribution in [0.15, 0.2) is 54.6 Å². The second-order valence-corrected chi connectivity index (χ2v) is 6.93. The Balaban J connectivity index is 1.30. The minimum Gasteiger partial charge on any atom is -0.368 e. The molecule has 1 amide bonds. The Bertz CT molecular complexity index is 723. The van der Waals surface area contributed by atoms with Gasteiger partial charge >= 0.3 is 0 Å². The zero-order chi connectivity index (χ0) is 17.1. The van der Waals surface area contributed by atoms with Crippen LogP contribution in [0.3, 0.4) is 0 Å². The maximum atomic E-state index is 12.7. The average Bonchev–Trinajstić information content (AvgIpc) is 2.69. The summed E-state index contributed by atoms with van der Waals surface area (Å²) in [5.41, 5.74) is 4.06. The Hall–Kier alpha value is -2.33. The third kappa shape index (κ3) is 3.69. The molecule has 0 unspecified atom stereocenters. The molecule has 0 spiro atoms. The fraction of sp³-hybridized carbons (Fsp3) is 0.381. The molecule has 4 nitrogen and oxygen atoms in total. The van der Waals surface area contributed by atoms with Gasteiger partial charge in [-0.05, 0) is 29.7 Å². The summed E-state index contributed by atoms with van der Waals surface area (Å²) in [6.45, 7) is 5.88. The van der Waals surface area contributed by atoms with Gasteiger partial charge in [0.25, 0.3) is 0 Å². The quantitative estimate of drug-likeness (QED) is 0.862. The topological polar surface area (TPSA) is 26.8 Å². The molecule has 25 heavy (non-hydrogen) atoms. The molecular weight excluding hydrogens is 310 g/mol. The lowest BCUT2D eigenvalue weighted by atomic mass is 10.00. The number of hydrogen-bond donors (Lipinski definition) is 0. The predicted octanol–water partition coefficient (Wildman–Crippen LogP) is 2.39. The molecule has 0 radical (unpaired) electrons. The number of fused-ring (bicyclic) bond motifs is 1. The van der Waals surface area contributed by atoms with E-state index in [0.29, 0.717) is 6.54 Å². The minimum atomic E-state index is 0.270. The van der Waals surface area contributed by atoms with E-state index < -0.39 is 0 Å². The smallest absolute Gasteiger partial charge is 0.236 e. The standard InChI is InChI=1S/C21H25N3O/c25-21(17-22-11-10-18-6-4-5-7-19(18)16-22)24-14-12-23(13-15-24)20-8-2-1-3-9-20/h1-9H,10-17H2. The first-order valence-corrected chi connectivity index (χ1v) is 9.16. The van der Waals surface area contributed by atoms with Crippen LogP contribution >= 0.6 is 0 Å². The number of rotatable bonds is 3. The third-order valence-corrected chi connectivity index (χ3v) is 5.32. The number of carbonyl (C=O) groups excluding carboxylic acids is 1. The summed E-state index contributed by atoms with van der Waals surface area (Å²) in [5, 5.41) is 0. The third-order valence-electron chi connectivity index (χ3n) is 5.32. The fourth-order valence-electron chi connectivity index (χ4n) is 3.83. The molecule has 0 atom stereocenters. The zero-order valence-electron chi connectivity index (χ0n) is 14.6. The van der Waals surface area contributed by atoms with Crippen molar-refractivity contribution in [3.05, 3.63) is 65.7 Å². The summed E-state index contributed by atoms with van der Waals surface area (Å²) in [7, 11) is 0. The molecule has 0 bridgehead atoms. The van der Waals surface area contributed by atoms with Crippen LogP contribution in [-0.2, 0) is 17.8 Å². The van der Waals surface area contributed by atoms with Crippen molar-refractivity contribution in [3.63, 3.8) is 0 Å². The zero-order valence-corrected chi connectivity index (χ0v) is 14.6. The largest absolute Gasteiger partial charge is 0.368 e.